The first-order valence-corrected chi connectivity index (χ1v) is 23.4. The Morgan fingerprint density at radius 1 is 0.873 bits per heavy atom. The van der Waals surface area contributed by atoms with E-state index < -0.39 is 36.3 Å². The quantitative estimate of drug-likeness (QED) is 0.0997. The molecule has 13 nitrogen and oxygen atoms in total. The van der Waals surface area contributed by atoms with Crippen LogP contribution in [0.2, 0.25) is 0 Å². The lowest BCUT2D eigenvalue weighted by Crippen LogP contribution is -2.60. The molecule has 4 amide bonds. The van der Waals surface area contributed by atoms with Gasteiger partial charge in [-0.25, -0.2) is 4.98 Å². The molecule has 0 radical (unpaired) electrons. The number of hydrogen-bond donors (Lipinski definition) is 2. The molecule has 0 aliphatic carbocycles. The average Bonchev–Trinajstić information content (AvgIpc) is 3.99. The second-order valence-corrected chi connectivity index (χ2v) is 18.8. The van der Waals surface area contributed by atoms with Gasteiger partial charge in [0.15, 0.2) is 0 Å². The molecule has 4 rings (SSSR count). The lowest BCUT2D eigenvalue weighted by atomic mass is 9.89. The summed E-state index contributed by atoms with van der Waals surface area (Å²) in [7, 11) is 8.49. The number of likely N-dealkylation sites (tertiary alicyclic amines) is 1. The number of methoxy groups -OCH3 is 3. The number of amides is 4. The van der Waals surface area contributed by atoms with Crippen LogP contribution in [0.3, 0.4) is 0 Å². The highest BCUT2D eigenvalue weighted by molar-refractivity contribution is 7.09. The second kappa shape index (κ2) is 24.6. The van der Waals surface area contributed by atoms with Crippen LogP contribution in [-0.4, -0.2) is 122 Å². The van der Waals surface area contributed by atoms with Crippen molar-refractivity contribution in [1.82, 2.24) is 30.3 Å². The monoisotopic (exact) mass is 891 g/mol. The normalized spacial score (nSPS) is 18.0. The number of benzene rings is 2. The minimum atomic E-state index is -0.807. The van der Waals surface area contributed by atoms with Crippen LogP contribution in [0, 0.1) is 23.7 Å². The first-order valence-electron chi connectivity index (χ1n) is 22.5. The van der Waals surface area contributed by atoms with Crippen LogP contribution in [0.15, 0.2) is 66.2 Å². The maximum Gasteiger partial charge on any atom is 0.245 e. The number of likely N-dealkylation sites (N-methyl/N-ethyl adjacent to an activating group) is 2. The van der Waals surface area contributed by atoms with Gasteiger partial charge in [-0.15, -0.1) is 11.3 Å². The number of carbonyl (C=O) groups is 4. The summed E-state index contributed by atoms with van der Waals surface area (Å²) in [6, 6.07) is 15.4. The van der Waals surface area contributed by atoms with E-state index in [1.54, 1.807) is 39.5 Å². The molecule has 3 aromatic rings. The van der Waals surface area contributed by atoms with E-state index in [0.29, 0.717) is 25.9 Å². The molecule has 9 atom stereocenters. The van der Waals surface area contributed by atoms with Crippen LogP contribution in [0.4, 0.5) is 0 Å². The summed E-state index contributed by atoms with van der Waals surface area (Å²) in [4.78, 5) is 67.2. The van der Waals surface area contributed by atoms with Gasteiger partial charge in [0.05, 0.1) is 55.8 Å². The van der Waals surface area contributed by atoms with E-state index in [4.69, 9.17) is 14.2 Å². The Kier molecular flexibility index (Phi) is 20.0. The van der Waals surface area contributed by atoms with Crippen LogP contribution in [-0.2, 0) is 41.6 Å². The molecule has 14 heteroatoms. The van der Waals surface area contributed by atoms with Gasteiger partial charge in [-0.3, -0.25) is 24.1 Å². The van der Waals surface area contributed by atoms with Gasteiger partial charge in [-0.05, 0) is 67.3 Å². The molecule has 1 fully saturated rings. The van der Waals surface area contributed by atoms with E-state index in [9.17, 15) is 19.2 Å². The van der Waals surface area contributed by atoms with Gasteiger partial charge in [-0.2, -0.15) is 0 Å². The molecule has 0 bridgehead atoms. The maximum absolute atomic E-state index is 14.6. The first-order chi connectivity index (χ1) is 30.1. The highest BCUT2D eigenvalue weighted by Crippen LogP contribution is 2.31. The van der Waals surface area contributed by atoms with Crippen molar-refractivity contribution in [1.29, 1.82) is 0 Å². The number of rotatable bonds is 24. The lowest BCUT2D eigenvalue weighted by Gasteiger charge is -2.41. The third-order valence-electron chi connectivity index (χ3n) is 12.8. The minimum Gasteiger partial charge on any atom is -0.497 e. The molecule has 2 heterocycles. The van der Waals surface area contributed by atoms with E-state index in [2.05, 4.69) is 29.5 Å². The van der Waals surface area contributed by atoms with Crippen molar-refractivity contribution in [3.63, 3.8) is 0 Å². The molecule has 0 saturated carbocycles. The van der Waals surface area contributed by atoms with Crippen LogP contribution >= 0.6 is 11.3 Å². The molecular formula is C49H74N6O7S. The standard InChI is InChI=1S/C49H74N6O7S/c1-13-33(6)44(54(9)49(59)42(31(2)3)52-47(58)43(32(4)5)53(8)30-36-21-23-37(60-10)24-22-36)40(61-11)29-41(56)55-26-17-20-39(55)45(62-12)34(7)46(57)51-38(48-50-25-27-63-48)28-35-18-15-14-16-19-35/h14-16,18-19,21-25,27,31-34,38-40,42-45H,13,17,20,26,28-30H2,1-12H3,(H,51,57)(H,52,58)/t33-,34+,38-,39-,40+,42-,43-,44-,45+/m0/s1. The van der Waals surface area contributed by atoms with Gasteiger partial charge in [0.1, 0.15) is 16.8 Å². The Labute approximate surface area is 380 Å². The van der Waals surface area contributed by atoms with Crippen LogP contribution in [0.5, 0.6) is 5.75 Å². The molecule has 1 saturated heterocycles. The van der Waals surface area contributed by atoms with Crippen molar-refractivity contribution in [3.8, 4) is 5.75 Å². The Morgan fingerprint density at radius 2 is 1.56 bits per heavy atom. The fourth-order valence-electron chi connectivity index (χ4n) is 9.17. The Balaban J connectivity index is 1.48. The number of nitrogens with one attached hydrogen (secondary N) is 2. The highest BCUT2D eigenvalue weighted by Gasteiger charge is 2.43. The van der Waals surface area contributed by atoms with Gasteiger partial charge in [0.2, 0.25) is 23.6 Å². The van der Waals surface area contributed by atoms with Crippen LogP contribution in [0.25, 0.3) is 0 Å². The molecule has 348 valence electrons. The Hall–Kier alpha value is -4.37. The van der Waals surface area contributed by atoms with E-state index in [1.807, 2.05) is 111 Å². The van der Waals surface area contributed by atoms with E-state index in [1.165, 1.54) is 11.3 Å². The van der Waals surface area contributed by atoms with Crippen molar-refractivity contribution < 1.29 is 33.4 Å². The van der Waals surface area contributed by atoms with Gasteiger partial charge in [-0.1, -0.05) is 97.4 Å². The predicted octanol–water partition coefficient (Wildman–Crippen LogP) is 6.77. The van der Waals surface area contributed by atoms with Crippen molar-refractivity contribution in [3.05, 3.63) is 82.3 Å². The Bertz CT molecular complexity index is 1860. The molecule has 1 aliphatic rings. The predicted molar refractivity (Wildman–Crippen MR) is 249 cm³/mol. The molecule has 1 aliphatic heterocycles. The summed E-state index contributed by atoms with van der Waals surface area (Å²) in [5.41, 5.74) is 2.13. The number of nitrogens with zero attached hydrogens (tertiary/aromatic N) is 4. The van der Waals surface area contributed by atoms with Crippen LogP contribution in [0.1, 0.15) is 96.3 Å². The number of carbonyl (C=O) groups excluding carboxylic acids is 4. The smallest absolute Gasteiger partial charge is 0.245 e. The van der Waals surface area contributed by atoms with Gasteiger partial charge < -0.3 is 34.6 Å². The maximum atomic E-state index is 14.6. The molecular weight excluding hydrogens is 817 g/mol. The summed E-state index contributed by atoms with van der Waals surface area (Å²) >= 11 is 1.50. The highest BCUT2D eigenvalue weighted by atomic mass is 32.1. The van der Waals surface area contributed by atoms with Gasteiger partial charge in [0, 0.05) is 45.9 Å². The zero-order valence-electron chi connectivity index (χ0n) is 39.7. The summed E-state index contributed by atoms with van der Waals surface area (Å²) in [6.45, 7) is 14.9. The third-order valence-corrected chi connectivity index (χ3v) is 13.7. The van der Waals surface area contributed by atoms with E-state index in [0.717, 1.165) is 34.7 Å². The van der Waals surface area contributed by atoms with E-state index >= 15 is 0 Å². The van der Waals surface area contributed by atoms with Crippen molar-refractivity contribution in [2.45, 2.75) is 130 Å². The zero-order chi connectivity index (χ0) is 46.4. The topological polar surface area (TPSA) is 143 Å². The molecule has 2 N–H and O–H groups in total. The molecule has 2 aromatic carbocycles. The number of hydrogen-bond acceptors (Lipinski definition) is 10. The second-order valence-electron chi connectivity index (χ2n) is 17.9. The largest absolute Gasteiger partial charge is 0.497 e. The summed E-state index contributed by atoms with van der Waals surface area (Å²) in [6.07, 6.45) is 3.38. The van der Waals surface area contributed by atoms with Crippen molar-refractivity contribution in [2.24, 2.45) is 23.7 Å². The van der Waals surface area contributed by atoms with Gasteiger partial charge in [0.25, 0.3) is 0 Å². The van der Waals surface area contributed by atoms with Crippen LogP contribution < -0.4 is 15.4 Å². The minimum absolute atomic E-state index is 0.0319. The SMILES string of the molecule is CC[C@H](C)[C@@H]([C@@H](CC(=O)N1CCC[C@H]1[C@H](OC)[C@@H](C)C(=O)N[C@@H](Cc1ccccc1)c1nccs1)OC)N(C)C(=O)[C@@H](NC(=O)[C@H](C(C)C)N(C)Cc1ccc(OC)cc1)C(C)C. The summed E-state index contributed by atoms with van der Waals surface area (Å²) < 4.78 is 17.5. The van der Waals surface area contributed by atoms with Gasteiger partial charge >= 0.3 is 0 Å². The summed E-state index contributed by atoms with van der Waals surface area (Å²) in [5, 5.41) is 9.11. The zero-order valence-corrected chi connectivity index (χ0v) is 40.5. The number of ether oxygens (including phenoxy) is 3. The number of thiazole rings is 1. The van der Waals surface area contributed by atoms with Crippen molar-refractivity contribution in [2.75, 3.05) is 42.0 Å². The molecule has 0 unspecified atom stereocenters. The fraction of sp³-hybridized carbons (Fsp3) is 0.612. The first kappa shape index (κ1) is 51.3. The molecule has 63 heavy (non-hydrogen) atoms. The van der Waals surface area contributed by atoms with Crippen molar-refractivity contribution >= 4 is 35.0 Å². The number of aromatic nitrogens is 1. The third kappa shape index (κ3) is 13.6. The van der Waals surface area contributed by atoms with E-state index in [-0.39, 0.29) is 59.9 Å². The fourth-order valence-corrected chi connectivity index (χ4v) is 9.86. The summed E-state index contributed by atoms with van der Waals surface area (Å²) in [5.74, 6) is -0.824. The average molecular weight is 891 g/mol. The molecule has 0 spiro atoms. The lowest BCUT2D eigenvalue weighted by molar-refractivity contribution is -0.148. The molecule has 1 aromatic heterocycles. The Morgan fingerprint density at radius 3 is 2.11 bits per heavy atom.